The highest BCUT2D eigenvalue weighted by atomic mass is 32.2. The summed E-state index contributed by atoms with van der Waals surface area (Å²) in [5, 5.41) is 0.0541. The van der Waals surface area contributed by atoms with Gasteiger partial charge < -0.3 is 9.72 Å². The zero-order valence-electron chi connectivity index (χ0n) is 10.9. The zero-order chi connectivity index (χ0) is 14.0. The number of nitrogens with one attached hydrogen (secondary N) is 1. The van der Waals surface area contributed by atoms with Gasteiger partial charge in [0.2, 0.25) is 0 Å². The van der Waals surface area contributed by atoms with E-state index in [9.17, 15) is 8.42 Å². The summed E-state index contributed by atoms with van der Waals surface area (Å²) < 4.78 is 31.2. The zero-order valence-corrected chi connectivity index (χ0v) is 11.7. The molecule has 7 heteroatoms. The van der Waals surface area contributed by atoms with E-state index in [1.807, 2.05) is 0 Å². The van der Waals surface area contributed by atoms with Gasteiger partial charge in [-0.05, 0) is 19.1 Å². The van der Waals surface area contributed by atoms with Gasteiger partial charge in [-0.25, -0.2) is 4.98 Å². The molecular formula is C12H15N3O3S. The fraction of sp³-hybridized carbons (Fsp3) is 0.250. The molecule has 0 fully saturated rings. The molecule has 2 rings (SSSR count). The van der Waals surface area contributed by atoms with Gasteiger partial charge >= 0.3 is 0 Å². The van der Waals surface area contributed by atoms with Gasteiger partial charge in [-0.15, -0.1) is 0 Å². The van der Waals surface area contributed by atoms with Crippen molar-refractivity contribution in [3.05, 3.63) is 36.3 Å². The van der Waals surface area contributed by atoms with Crippen LogP contribution in [0.4, 0.5) is 5.69 Å². The Bertz CT molecular complexity index is 679. The highest BCUT2D eigenvalue weighted by molar-refractivity contribution is 7.92. The second-order valence-electron chi connectivity index (χ2n) is 3.98. The van der Waals surface area contributed by atoms with Crippen molar-refractivity contribution in [3.8, 4) is 5.75 Å². The van der Waals surface area contributed by atoms with Crippen molar-refractivity contribution in [3.63, 3.8) is 0 Å². The van der Waals surface area contributed by atoms with Crippen molar-refractivity contribution in [1.29, 1.82) is 0 Å². The molecule has 0 saturated heterocycles. The molecule has 1 aromatic carbocycles. The fourth-order valence-corrected chi connectivity index (χ4v) is 2.86. The highest BCUT2D eigenvalue weighted by Gasteiger charge is 2.25. The third-order valence-corrected chi connectivity index (χ3v) is 4.42. The molecular weight excluding hydrogens is 266 g/mol. The van der Waals surface area contributed by atoms with Crippen molar-refractivity contribution in [2.24, 2.45) is 0 Å². The largest absolute Gasteiger partial charge is 0.495 e. The fourth-order valence-electron chi connectivity index (χ4n) is 1.70. The molecule has 1 N–H and O–H groups in total. The number of aryl methyl sites for hydroxylation is 1. The first-order chi connectivity index (χ1) is 8.96. The number of imidazole rings is 1. The summed E-state index contributed by atoms with van der Waals surface area (Å²) in [7, 11) is -0.693. The maximum absolute atomic E-state index is 12.4. The average Bonchev–Trinajstić information content (AvgIpc) is 2.85. The van der Waals surface area contributed by atoms with Crippen LogP contribution in [0.25, 0.3) is 0 Å². The van der Waals surface area contributed by atoms with Crippen LogP contribution in [0.5, 0.6) is 5.75 Å². The Labute approximate surface area is 112 Å². The van der Waals surface area contributed by atoms with Crippen LogP contribution in [0.3, 0.4) is 0 Å². The summed E-state index contributed by atoms with van der Waals surface area (Å²) in [6.07, 6.45) is 1.30. The normalized spacial score (nSPS) is 11.3. The molecule has 0 saturated carbocycles. The second kappa shape index (κ2) is 4.93. The summed E-state index contributed by atoms with van der Waals surface area (Å²) in [5.74, 6) is 1.04. The summed E-state index contributed by atoms with van der Waals surface area (Å²) >= 11 is 0. The van der Waals surface area contributed by atoms with Gasteiger partial charge in [0.25, 0.3) is 10.0 Å². The number of H-pyrrole nitrogens is 1. The minimum Gasteiger partial charge on any atom is -0.495 e. The molecule has 2 aromatic rings. The number of rotatable bonds is 4. The Morgan fingerprint density at radius 1 is 1.32 bits per heavy atom. The second-order valence-corrected chi connectivity index (χ2v) is 5.91. The number of ether oxygens (including phenoxy) is 1. The summed E-state index contributed by atoms with van der Waals surface area (Å²) in [6, 6.07) is 6.92. The lowest BCUT2D eigenvalue weighted by Crippen LogP contribution is -2.27. The predicted molar refractivity (Wildman–Crippen MR) is 71.9 cm³/mol. The van der Waals surface area contributed by atoms with E-state index < -0.39 is 10.0 Å². The van der Waals surface area contributed by atoms with Crippen LogP contribution in [-0.2, 0) is 10.0 Å². The van der Waals surface area contributed by atoms with Gasteiger partial charge in [-0.2, -0.15) is 8.42 Å². The van der Waals surface area contributed by atoms with Crippen molar-refractivity contribution in [2.75, 3.05) is 18.5 Å². The number of para-hydroxylation sites is 2. The number of methoxy groups -OCH3 is 1. The van der Waals surface area contributed by atoms with Gasteiger partial charge in [0.1, 0.15) is 11.6 Å². The number of hydrogen-bond acceptors (Lipinski definition) is 4. The number of aromatic nitrogens is 2. The van der Waals surface area contributed by atoms with Gasteiger partial charge in [-0.3, -0.25) is 4.31 Å². The molecule has 0 bridgehead atoms. The number of hydrogen-bond donors (Lipinski definition) is 1. The maximum Gasteiger partial charge on any atom is 0.281 e. The van der Waals surface area contributed by atoms with E-state index in [4.69, 9.17) is 4.74 Å². The van der Waals surface area contributed by atoms with E-state index in [0.717, 1.165) is 0 Å². The highest BCUT2D eigenvalue weighted by Crippen LogP contribution is 2.30. The number of benzene rings is 1. The van der Waals surface area contributed by atoms with Crippen LogP contribution in [0.15, 0.2) is 35.5 Å². The van der Waals surface area contributed by atoms with E-state index in [1.54, 1.807) is 31.2 Å². The maximum atomic E-state index is 12.4. The molecule has 1 heterocycles. The molecule has 102 valence electrons. The molecule has 0 atom stereocenters. The van der Waals surface area contributed by atoms with Crippen molar-refractivity contribution in [2.45, 2.75) is 11.9 Å². The van der Waals surface area contributed by atoms with Crippen LogP contribution in [-0.4, -0.2) is 32.5 Å². The third kappa shape index (κ3) is 2.41. The average molecular weight is 281 g/mol. The molecule has 0 aliphatic carbocycles. The van der Waals surface area contributed by atoms with Gasteiger partial charge in [0.05, 0.1) is 19.0 Å². The minimum atomic E-state index is -3.67. The molecule has 0 aliphatic heterocycles. The molecule has 0 spiro atoms. The molecule has 1 aromatic heterocycles. The van der Waals surface area contributed by atoms with Crippen LogP contribution in [0.1, 0.15) is 5.82 Å². The molecule has 0 unspecified atom stereocenters. The lowest BCUT2D eigenvalue weighted by molar-refractivity contribution is 0.416. The SMILES string of the molecule is COc1ccccc1N(C)S(=O)(=O)c1cnc(C)[nH]1. The molecule has 0 radical (unpaired) electrons. The molecule has 6 nitrogen and oxygen atoms in total. The predicted octanol–water partition coefficient (Wildman–Crippen LogP) is 1.55. The monoisotopic (exact) mass is 281 g/mol. The van der Waals surface area contributed by atoms with E-state index in [0.29, 0.717) is 17.3 Å². The van der Waals surface area contributed by atoms with Crippen LogP contribution >= 0.6 is 0 Å². The van der Waals surface area contributed by atoms with Crippen molar-refractivity contribution < 1.29 is 13.2 Å². The summed E-state index contributed by atoms with van der Waals surface area (Å²) in [5.41, 5.74) is 0.470. The Kier molecular flexibility index (Phi) is 3.48. The molecule has 0 amide bonds. The summed E-state index contributed by atoms with van der Waals surface area (Å²) in [6.45, 7) is 1.70. The van der Waals surface area contributed by atoms with E-state index in [-0.39, 0.29) is 5.03 Å². The Morgan fingerprint density at radius 2 is 2.00 bits per heavy atom. The van der Waals surface area contributed by atoms with Gasteiger partial charge in [-0.1, -0.05) is 12.1 Å². The lowest BCUT2D eigenvalue weighted by Gasteiger charge is -2.20. The smallest absolute Gasteiger partial charge is 0.281 e. The minimum absolute atomic E-state index is 0.0541. The topological polar surface area (TPSA) is 75.3 Å². The Balaban J connectivity index is 2.46. The summed E-state index contributed by atoms with van der Waals surface area (Å²) in [4.78, 5) is 6.63. The van der Waals surface area contributed by atoms with Crippen LogP contribution in [0.2, 0.25) is 0 Å². The quantitative estimate of drug-likeness (QED) is 0.922. The lowest BCUT2D eigenvalue weighted by atomic mass is 10.3. The van der Waals surface area contributed by atoms with Crippen LogP contribution in [0, 0.1) is 6.92 Å². The van der Waals surface area contributed by atoms with Gasteiger partial charge in [0, 0.05) is 7.05 Å². The first-order valence-corrected chi connectivity index (χ1v) is 7.04. The van der Waals surface area contributed by atoms with E-state index >= 15 is 0 Å². The standard InChI is InChI=1S/C12H15N3O3S/c1-9-13-8-12(14-9)19(16,17)15(2)10-6-4-5-7-11(10)18-3/h4-8H,1-3H3,(H,13,14). The van der Waals surface area contributed by atoms with E-state index in [1.165, 1.54) is 24.7 Å². The first-order valence-electron chi connectivity index (χ1n) is 5.60. The number of aromatic amines is 1. The molecule has 19 heavy (non-hydrogen) atoms. The first kappa shape index (κ1) is 13.4. The molecule has 0 aliphatic rings. The van der Waals surface area contributed by atoms with Crippen molar-refractivity contribution >= 4 is 15.7 Å². The van der Waals surface area contributed by atoms with Crippen molar-refractivity contribution in [1.82, 2.24) is 9.97 Å². The number of nitrogens with zero attached hydrogens (tertiary/aromatic N) is 2. The Morgan fingerprint density at radius 3 is 2.58 bits per heavy atom. The Hall–Kier alpha value is -2.02. The van der Waals surface area contributed by atoms with E-state index in [2.05, 4.69) is 9.97 Å². The third-order valence-electron chi connectivity index (χ3n) is 2.74. The van der Waals surface area contributed by atoms with Crippen LogP contribution < -0.4 is 9.04 Å². The number of anilines is 1. The number of sulfonamides is 1. The van der Waals surface area contributed by atoms with Gasteiger partial charge in [0.15, 0.2) is 5.03 Å².